The van der Waals surface area contributed by atoms with Crippen molar-refractivity contribution < 1.29 is 14.7 Å². The van der Waals surface area contributed by atoms with Gasteiger partial charge in [-0.2, -0.15) is 0 Å². The van der Waals surface area contributed by atoms with E-state index in [-0.39, 0.29) is 11.8 Å². The predicted octanol–water partition coefficient (Wildman–Crippen LogP) is 1.75. The second-order valence-corrected chi connectivity index (χ2v) is 5.86. The van der Waals surface area contributed by atoms with Gasteiger partial charge in [0.1, 0.15) is 0 Å². The van der Waals surface area contributed by atoms with Gasteiger partial charge >= 0.3 is 5.97 Å². The second kappa shape index (κ2) is 4.31. The fraction of sp³-hybridized carbons (Fsp3) is 0.846. The third kappa shape index (κ3) is 2.45. The van der Waals surface area contributed by atoms with Gasteiger partial charge in [-0.3, -0.25) is 9.59 Å². The summed E-state index contributed by atoms with van der Waals surface area (Å²) in [4.78, 5) is 25.2. The number of hydrogen-bond donors (Lipinski definition) is 1. The van der Waals surface area contributed by atoms with Gasteiger partial charge in [0.25, 0.3) is 0 Å². The van der Waals surface area contributed by atoms with E-state index in [9.17, 15) is 14.7 Å². The molecule has 2 fully saturated rings. The summed E-state index contributed by atoms with van der Waals surface area (Å²) in [7, 11) is 0. The largest absolute Gasteiger partial charge is 0.481 e. The van der Waals surface area contributed by atoms with E-state index in [1.54, 1.807) is 11.8 Å². The lowest BCUT2D eigenvalue weighted by Gasteiger charge is -2.38. The van der Waals surface area contributed by atoms with Gasteiger partial charge in [-0.25, -0.2) is 0 Å². The van der Waals surface area contributed by atoms with Crippen LogP contribution in [0.2, 0.25) is 0 Å². The SMILES string of the molecule is CC(C(=O)N1CCCC(C)(C(=O)O)C1)C1CC1. The molecular weight excluding hydrogens is 218 g/mol. The number of nitrogens with zero attached hydrogens (tertiary/aromatic N) is 1. The number of hydrogen-bond acceptors (Lipinski definition) is 2. The highest BCUT2D eigenvalue weighted by Gasteiger charge is 2.42. The molecule has 1 amide bonds. The normalized spacial score (nSPS) is 31.1. The molecule has 0 aromatic heterocycles. The van der Waals surface area contributed by atoms with Crippen molar-refractivity contribution in [3.63, 3.8) is 0 Å². The fourth-order valence-electron chi connectivity index (χ4n) is 2.69. The number of carbonyl (C=O) groups is 2. The van der Waals surface area contributed by atoms with Crippen LogP contribution in [0.15, 0.2) is 0 Å². The van der Waals surface area contributed by atoms with Gasteiger partial charge in [0.05, 0.1) is 5.41 Å². The molecule has 0 aromatic rings. The predicted molar refractivity (Wildman–Crippen MR) is 63.4 cm³/mol. The lowest BCUT2D eigenvalue weighted by Crippen LogP contribution is -2.50. The van der Waals surface area contributed by atoms with Crippen LogP contribution in [-0.4, -0.2) is 35.0 Å². The monoisotopic (exact) mass is 239 g/mol. The molecule has 0 aromatic carbocycles. The Morgan fingerprint density at radius 3 is 2.59 bits per heavy atom. The van der Waals surface area contributed by atoms with E-state index in [1.165, 1.54) is 0 Å². The van der Waals surface area contributed by atoms with Gasteiger partial charge in [-0.1, -0.05) is 6.92 Å². The third-order valence-electron chi connectivity index (χ3n) is 4.24. The summed E-state index contributed by atoms with van der Waals surface area (Å²) in [6.07, 6.45) is 3.77. The quantitative estimate of drug-likeness (QED) is 0.816. The van der Waals surface area contributed by atoms with Crippen molar-refractivity contribution in [2.24, 2.45) is 17.3 Å². The van der Waals surface area contributed by atoms with E-state index in [4.69, 9.17) is 0 Å². The summed E-state index contributed by atoms with van der Waals surface area (Å²) < 4.78 is 0. The lowest BCUT2D eigenvalue weighted by molar-refractivity contribution is -0.154. The molecule has 2 atom stereocenters. The number of likely N-dealkylation sites (tertiary alicyclic amines) is 1. The number of amides is 1. The fourth-order valence-corrected chi connectivity index (χ4v) is 2.69. The van der Waals surface area contributed by atoms with Crippen LogP contribution in [0.1, 0.15) is 39.5 Å². The maximum Gasteiger partial charge on any atom is 0.311 e. The first kappa shape index (κ1) is 12.4. The molecule has 4 heteroatoms. The topological polar surface area (TPSA) is 57.6 Å². The molecule has 96 valence electrons. The highest BCUT2D eigenvalue weighted by atomic mass is 16.4. The van der Waals surface area contributed by atoms with Gasteiger partial charge in [0.15, 0.2) is 0 Å². The van der Waals surface area contributed by atoms with Crippen LogP contribution in [0.4, 0.5) is 0 Å². The van der Waals surface area contributed by atoms with Crippen LogP contribution in [0.3, 0.4) is 0 Å². The number of rotatable bonds is 3. The summed E-state index contributed by atoms with van der Waals surface area (Å²) >= 11 is 0. The van der Waals surface area contributed by atoms with Crippen molar-refractivity contribution in [1.29, 1.82) is 0 Å². The van der Waals surface area contributed by atoms with Crippen molar-refractivity contribution >= 4 is 11.9 Å². The van der Waals surface area contributed by atoms with E-state index in [0.29, 0.717) is 18.9 Å². The van der Waals surface area contributed by atoms with Crippen LogP contribution in [0.25, 0.3) is 0 Å². The maximum atomic E-state index is 12.2. The van der Waals surface area contributed by atoms with Crippen LogP contribution < -0.4 is 0 Å². The van der Waals surface area contributed by atoms with Crippen molar-refractivity contribution in [3.8, 4) is 0 Å². The van der Waals surface area contributed by atoms with Crippen molar-refractivity contribution in [1.82, 2.24) is 4.90 Å². The van der Waals surface area contributed by atoms with Gasteiger partial charge in [-0.15, -0.1) is 0 Å². The van der Waals surface area contributed by atoms with Gasteiger partial charge in [0, 0.05) is 19.0 Å². The zero-order valence-corrected chi connectivity index (χ0v) is 10.6. The molecule has 2 rings (SSSR count). The summed E-state index contributed by atoms with van der Waals surface area (Å²) in [5, 5.41) is 9.22. The minimum Gasteiger partial charge on any atom is -0.481 e. The Kier molecular flexibility index (Phi) is 3.15. The van der Waals surface area contributed by atoms with E-state index < -0.39 is 11.4 Å². The minimum absolute atomic E-state index is 0.0751. The molecule has 1 heterocycles. The summed E-state index contributed by atoms with van der Waals surface area (Å²) in [6.45, 7) is 4.82. The summed E-state index contributed by atoms with van der Waals surface area (Å²) in [5.74, 6) is -0.0135. The second-order valence-electron chi connectivity index (χ2n) is 5.86. The first-order valence-electron chi connectivity index (χ1n) is 6.46. The number of carboxylic acids is 1. The van der Waals surface area contributed by atoms with Crippen LogP contribution in [-0.2, 0) is 9.59 Å². The molecule has 17 heavy (non-hydrogen) atoms. The maximum absolute atomic E-state index is 12.2. The highest BCUT2D eigenvalue weighted by Crippen LogP contribution is 2.38. The average Bonchev–Trinajstić information content (AvgIpc) is 3.11. The Labute approximate surface area is 102 Å². The molecule has 0 spiro atoms. The summed E-state index contributed by atoms with van der Waals surface area (Å²) in [6, 6.07) is 0. The summed E-state index contributed by atoms with van der Waals surface area (Å²) in [5.41, 5.74) is -0.753. The molecule has 4 nitrogen and oxygen atoms in total. The molecule has 2 aliphatic rings. The van der Waals surface area contributed by atoms with Crippen molar-refractivity contribution in [3.05, 3.63) is 0 Å². The molecule has 1 aliphatic carbocycles. The zero-order valence-electron chi connectivity index (χ0n) is 10.6. The molecule has 0 bridgehead atoms. The number of carbonyl (C=O) groups excluding carboxylic acids is 1. The minimum atomic E-state index is -0.783. The Bertz CT molecular complexity index is 338. The number of aliphatic carboxylic acids is 1. The van der Waals surface area contributed by atoms with Crippen LogP contribution in [0, 0.1) is 17.3 Å². The third-order valence-corrected chi connectivity index (χ3v) is 4.24. The molecule has 1 saturated carbocycles. The first-order valence-corrected chi connectivity index (χ1v) is 6.46. The standard InChI is InChI=1S/C13H21NO3/c1-9(10-4-5-10)11(15)14-7-3-6-13(2,8-14)12(16)17/h9-10H,3-8H2,1-2H3,(H,16,17). The Balaban J connectivity index is 2.01. The molecule has 2 unspecified atom stereocenters. The zero-order chi connectivity index (χ0) is 12.6. The Morgan fingerprint density at radius 2 is 2.06 bits per heavy atom. The number of carboxylic acid groups (broad SMARTS) is 1. The van der Waals surface area contributed by atoms with Crippen LogP contribution >= 0.6 is 0 Å². The van der Waals surface area contributed by atoms with Gasteiger partial charge < -0.3 is 10.0 Å². The Morgan fingerprint density at radius 1 is 1.41 bits per heavy atom. The molecular formula is C13H21NO3. The average molecular weight is 239 g/mol. The molecule has 1 saturated heterocycles. The first-order chi connectivity index (χ1) is 7.94. The smallest absolute Gasteiger partial charge is 0.311 e. The van der Waals surface area contributed by atoms with E-state index in [1.807, 2.05) is 6.92 Å². The number of piperidine rings is 1. The van der Waals surface area contributed by atoms with E-state index in [0.717, 1.165) is 25.8 Å². The molecule has 1 aliphatic heterocycles. The van der Waals surface area contributed by atoms with Crippen LogP contribution in [0.5, 0.6) is 0 Å². The lowest BCUT2D eigenvalue weighted by atomic mass is 9.81. The van der Waals surface area contributed by atoms with E-state index in [2.05, 4.69) is 0 Å². The highest BCUT2D eigenvalue weighted by molar-refractivity contribution is 5.81. The molecule has 0 radical (unpaired) electrons. The Hall–Kier alpha value is -1.06. The van der Waals surface area contributed by atoms with Crippen molar-refractivity contribution in [2.75, 3.05) is 13.1 Å². The van der Waals surface area contributed by atoms with Gasteiger partial charge in [0.2, 0.25) is 5.91 Å². The van der Waals surface area contributed by atoms with E-state index >= 15 is 0 Å². The molecule has 1 N–H and O–H groups in total. The van der Waals surface area contributed by atoms with Gasteiger partial charge in [-0.05, 0) is 38.5 Å². The van der Waals surface area contributed by atoms with Crippen molar-refractivity contribution in [2.45, 2.75) is 39.5 Å².